The van der Waals surface area contributed by atoms with Gasteiger partial charge < -0.3 is 10.0 Å². The SMILES string of the molecule is Cc1cc(O)ccc1-c1ccc(N(C)C)cc1. The van der Waals surface area contributed by atoms with Crippen LogP contribution in [0.2, 0.25) is 0 Å². The summed E-state index contributed by atoms with van der Waals surface area (Å²) in [5, 5.41) is 9.39. The van der Waals surface area contributed by atoms with Crippen LogP contribution in [0.5, 0.6) is 5.75 Å². The lowest BCUT2D eigenvalue weighted by Gasteiger charge is -2.13. The van der Waals surface area contributed by atoms with Gasteiger partial charge in [0.15, 0.2) is 0 Å². The molecular formula is C15H17NO. The minimum absolute atomic E-state index is 0.316. The highest BCUT2D eigenvalue weighted by molar-refractivity contribution is 5.70. The molecule has 0 spiro atoms. The van der Waals surface area contributed by atoms with Crippen molar-refractivity contribution in [2.24, 2.45) is 0 Å². The van der Waals surface area contributed by atoms with Crippen molar-refractivity contribution in [3.8, 4) is 16.9 Å². The molecule has 2 aromatic rings. The van der Waals surface area contributed by atoms with Gasteiger partial charge in [-0.2, -0.15) is 0 Å². The lowest BCUT2D eigenvalue weighted by atomic mass is 10.00. The Morgan fingerprint density at radius 1 is 0.941 bits per heavy atom. The fraction of sp³-hybridized carbons (Fsp3) is 0.200. The first-order valence-electron chi connectivity index (χ1n) is 5.65. The Morgan fingerprint density at radius 2 is 1.59 bits per heavy atom. The zero-order chi connectivity index (χ0) is 12.4. The fourth-order valence-corrected chi connectivity index (χ4v) is 1.91. The molecular weight excluding hydrogens is 210 g/mol. The molecule has 0 heterocycles. The molecule has 0 aromatic heterocycles. The second-order valence-electron chi connectivity index (χ2n) is 4.44. The number of anilines is 1. The smallest absolute Gasteiger partial charge is 0.115 e. The van der Waals surface area contributed by atoms with E-state index in [-0.39, 0.29) is 0 Å². The average Bonchev–Trinajstić information content (AvgIpc) is 2.29. The van der Waals surface area contributed by atoms with Crippen molar-refractivity contribution < 1.29 is 5.11 Å². The lowest BCUT2D eigenvalue weighted by Crippen LogP contribution is -2.07. The summed E-state index contributed by atoms with van der Waals surface area (Å²) in [7, 11) is 4.06. The number of phenolic OH excluding ortho intramolecular Hbond substituents is 1. The van der Waals surface area contributed by atoms with Crippen LogP contribution in [0.3, 0.4) is 0 Å². The van der Waals surface area contributed by atoms with E-state index in [0.717, 1.165) is 11.1 Å². The normalized spacial score (nSPS) is 10.3. The summed E-state index contributed by atoms with van der Waals surface area (Å²) in [6.45, 7) is 2.01. The average molecular weight is 227 g/mol. The molecule has 2 aromatic carbocycles. The summed E-state index contributed by atoms with van der Waals surface area (Å²) in [6, 6.07) is 13.9. The van der Waals surface area contributed by atoms with Crippen LogP contribution in [0, 0.1) is 6.92 Å². The summed E-state index contributed by atoms with van der Waals surface area (Å²) >= 11 is 0. The molecule has 2 rings (SSSR count). The summed E-state index contributed by atoms with van der Waals surface area (Å²) in [5.74, 6) is 0.316. The van der Waals surface area contributed by atoms with E-state index in [1.54, 1.807) is 12.1 Å². The molecule has 2 nitrogen and oxygen atoms in total. The maximum Gasteiger partial charge on any atom is 0.115 e. The van der Waals surface area contributed by atoms with Crippen molar-refractivity contribution in [1.82, 2.24) is 0 Å². The van der Waals surface area contributed by atoms with Gasteiger partial charge >= 0.3 is 0 Å². The van der Waals surface area contributed by atoms with Crippen molar-refractivity contribution in [2.75, 3.05) is 19.0 Å². The van der Waals surface area contributed by atoms with Crippen LogP contribution in [0.1, 0.15) is 5.56 Å². The van der Waals surface area contributed by atoms with Gasteiger partial charge in [0.1, 0.15) is 5.75 Å². The first-order chi connectivity index (χ1) is 8.08. The van der Waals surface area contributed by atoms with Gasteiger partial charge in [0.25, 0.3) is 0 Å². The third-order valence-electron chi connectivity index (χ3n) is 2.90. The van der Waals surface area contributed by atoms with E-state index in [4.69, 9.17) is 0 Å². The molecule has 0 unspecified atom stereocenters. The number of hydrogen-bond donors (Lipinski definition) is 1. The Balaban J connectivity index is 2.40. The summed E-state index contributed by atoms with van der Waals surface area (Å²) in [4.78, 5) is 2.08. The number of benzene rings is 2. The van der Waals surface area contributed by atoms with E-state index >= 15 is 0 Å². The molecule has 1 N–H and O–H groups in total. The molecule has 0 aliphatic rings. The summed E-state index contributed by atoms with van der Waals surface area (Å²) in [6.07, 6.45) is 0. The zero-order valence-corrected chi connectivity index (χ0v) is 10.4. The van der Waals surface area contributed by atoms with Crippen molar-refractivity contribution in [3.63, 3.8) is 0 Å². The maximum atomic E-state index is 9.39. The Hall–Kier alpha value is -1.96. The summed E-state index contributed by atoms with van der Waals surface area (Å²) in [5.41, 5.74) is 4.61. The first-order valence-corrected chi connectivity index (χ1v) is 5.65. The molecule has 0 fully saturated rings. The second-order valence-corrected chi connectivity index (χ2v) is 4.44. The van der Waals surface area contributed by atoms with Crippen LogP contribution in [0.4, 0.5) is 5.69 Å². The van der Waals surface area contributed by atoms with E-state index in [0.29, 0.717) is 5.75 Å². The zero-order valence-electron chi connectivity index (χ0n) is 10.4. The summed E-state index contributed by atoms with van der Waals surface area (Å²) < 4.78 is 0. The minimum atomic E-state index is 0.316. The van der Waals surface area contributed by atoms with E-state index in [1.807, 2.05) is 27.1 Å². The number of aryl methyl sites for hydroxylation is 1. The van der Waals surface area contributed by atoms with E-state index in [9.17, 15) is 5.11 Å². The molecule has 0 aliphatic heterocycles. The predicted molar refractivity (Wildman–Crippen MR) is 72.6 cm³/mol. The minimum Gasteiger partial charge on any atom is -0.508 e. The monoisotopic (exact) mass is 227 g/mol. The van der Waals surface area contributed by atoms with Gasteiger partial charge in [-0.3, -0.25) is 0 Å². The second kappa shape index (κ2) is 4.50. The van der Waals surface area contributed by atoms with Crippen LogP contribution >= 0.6 is 0 Å². The number of rotatable bonds is 2. The highest BCUT2D eigenvalue weighted by Gasteiger charge is 2.03. The molecule has 0 saturated carbocycles. The van der Waals surface area contributed by atoms with E-state index < -0.39 is 0 Å². The third-order valence-corrected chi connectivity index (χ3v) is 2.90. The van der Waals surface area contributed by atoms with Gasteiger partial charge in [-0.05, 0) is 47.9 Å². The molecule has 88 valence electrons. The van der Waals surface area contributed by atoms with Gasteiger partial charge in [-0.15, -0.1) is 0 Å². The molecule has 0 radical (unpaired) electrons. The highest BCUT2D eigenvalue weighted by atomic mass is 16.3. The van der Waals surface area contributed by atoms with Crippen LogP contribution in [-0.2, 0) is 0 Å². The van der Waals surface area contributed by atoms with Crippen molar-refractivity contribution >= 4 is 5.69 Å². The largest absolute Gasteiger partial charge is 0.508 e. The molecule has 0 amide bonds. The maximum absolute atomic E-state index is 9.39. The first kappa shape index (κ1) is 11.5. The van der Waals surface area contributed by atoms with E-state index in [2.05, 4.69) is 29.2 Å². The van der Waals surface area contributed by atoms with Crippen LogP contribution in [-0.4, -0.2) is 19.2 Å². The van der Waals surface area contributed by atoms with Crippen molar-refractivity contribution in [3.05, 3.63) is 48.0 Å². The Morgan fingerprint density at radius 3 is 2.12 bits per heavy atom. The molecule has 17 heavy (non-hydrogen) atoms. The number of phenols is 1. The quantitative estimate of drug-likeness (QED) is 0.849. The molecule has 0 atom stereocenters. The fourth-order valence-electron chi connectivity index (χ4n) is 1.91. The Labute approximate surface area is 102 Å². The van der Waals surface area contributed by atoms with Crippen LogP contribution < -0.4 is 4.90 Å². The standard InChI is InChI=1S/C15H17NO/c1-11-10-14(17)8-9-15(11)12-4-6-13(7-5-12)16(2)3/h4-10,17H,1-3H3. The molecule has 2 heteroatoms. The van der Waals surface area contributed by atoms with Gasteiger partial charge in [0, 0.05) is 19.8 Å². The molecule has 0 saturated heterocycles. The van der Waals surface area contributed by atoms with Crippen molar-refractivity contribution in [2.45, 2.75) is 6.92 Å². The highest BCUT2D eigenvalue weighted by Crippen LogP contribution is 2.27. The van der Waals surface area contributed by atoms with Gasteiger partial charge in [-0.1, -0.05) is 18.2 Å². The lowest BCUT2D eigenvalue weighted by molar-refractivity contribution is 0.475. The van der Waals surface area contributed by atoms with Crippen LogP contribution in [0.15, 0.2) is 42.5 Å². The number of hydrogen-bond acceptors (Lipinski definition) is 2. The van der Waals surface area contributed by atoms with Crippen LogP contribution in [0.25, 0.3) is 11.1 Å². The van der Waals surface area contributed by atoms with Gasteiger partial charge in [0.05, 0.1) is 0 Å². The molecule has 0 bridgehead atoms. The number of aromatic hydroxyl groups is 1. The Kier molecular flexibility index (Phi) is 3.05. The third kappa shape index (κ3) is 2.41. The van der Waals surface area contributed by atoms with E-state index in [1.165, 1.54) is 11.3 Å². The van der Waals surface area contributed by atoms with Crippen molar-refractivity contribution in [1.29, 1.82) is 0 Å². The molecule has 0 aliphatic carbocycles. The topological polar surface area (TPSA) is 23.5 Å². The van der Waals surface area contributed by atoms with Gasteiger partial charge in [-0.25, -0.2) is 0 Å². The predicted octanol–water partition coefficient (Wildman–Crippen LogP) is 3.43. The Bertz CT molecular complexity index is 515. The number of nitrogens with zero attached hydrogens (tertiary/aromatic N) is 1. The van der Waals surface area contributed by atoms with Gasteiger partial charge in [0.2, 0.25) is 0 Å².